The molecule has 0 heterocycles. The molecule has 4 heteroatoms. The first-order chi connectivity index (χ1) is 25.2. The third-order valence-electron chi connectivity index (χ3n) is 8.86. The van der Waals surface area contributed by atoms with Gasteiger partial charge in [0, 0.05) is 6.42 Å². The fourth-order valence-electron chi connectivity index (χ4n) is 5.67. The van der Waals surface area contributed by atoms with Crippen LogP contribution in [-0.4, -0.2) is 34.9 Å². The minimum Gasteiger partial charge on any atom is -0.394 e. The van der Waals surface area contributed by atoms with Crippen LogP contribution in [0.25, 0.3) is 0 Å². The van der Waals surface area contributed by atoms with Crippen LogP contribution in [0.3, 0.4) is 0 Å². The molecule has 0 fully saturated rings. The number of rotatable bonds is 36. The summed E-state index contributed by atoms with van der Waals surface area (Å²) in [5.41, 5.74) is 0. The highest BCUT2D eigenvalue weighted by atomic mass is 16.3. The lowest BCUT2D eigenvalue weighted by Gasteiger charge is -2.22. The number of hydrogen-bond acceptors (Lipinski definition) is 3. The van der Waals surface area contributed by atoms with Gasteiger partial charge in [0.2, 0.25) is 5.91 Å². The molecule has 1 amide bonds. The number of unbranched alkanes of at least 4 members (excludes halogenated alkanes) is 13. The lowest BCUT2D eigenvalue weighted by Crippen LogP contribution is -2.45. The first-order valence-electron chi connectivity index (χ1n) is 20.9. The Morgan fingerprint density at radius 3 is 1.29 bits per heavy atom. The monoisotopic (exact) mass is 706 g/mol. The lowest BCUT2D eigenvalue weighted by molar-refractivity contribution is -0.123. The van der Waals surface area contributed by atoms with E-state index in [4.69, 9.17) is 0 Å². The van der Waals surface area contributed by atoms with Crippen LogP contribution < -0.4 is 5.32 Å². The minimum atomic E-state index is -0.665. The third kappa shape index (κ3) is 38.4. The number of aliphatic hydroxyl groups is 2. The van der Waals surface area contributed by atoms with E-state index >= 15 is 0 Å². The minimum absolute atomic E-state index is 0.0514. The zero-order valence-electron chi connectivity index (χ0n) is 33.1. The summed E-state index contributed by atoms with van der Waals surface area (Å²) < 4.78 is 0. The third-order valence-corrected chi connectivity index (χ3v) is 8.86. The largest absolute Gasteiger partial charge is 0.394 e. The van der Waals surface area contributed by atoms with Crippen molar-refractivity contribution in [2.24, 2.45) is 0 Å². The number of carbonyl (C=O) groups is 1. The fourth-order valence-corrected chi connectivity index (χ4v) is 5.67. The van der Waals surface area contributed by atoms with Gasteiger partial charge in [-0.15, -0.1) is 0 Å². The van der Waals surface area contributed by atoms with E-state index in [1.165, 1.54) is 70.6 Å². The van der Waals surface area contributed by atoms with Crippen molar-refractivity contribution in [3.8, 4) is 0 Å². The Morgan fingerprint density at radius 2 is 0.863 bits per heavy atom. The van der Waals surface area contributed by atoms with Crippen molar-refractivity contribution in [1.29, 1.82) is 0 Å². The maximum absolute atomic E-state index is 12.3. The highest BCUT2D eigenvalue weighted by molar-refractivity contribution is 5.76. The maximum atomic E-state index is 12.3. The Kier molecular flexibility index (Phi) is 39.5. The van der Waals surface area contributed by atoms with Crippen LogP contribution in [0.5, 0.6) is 0 Å². The zero-order chi connectivity index (χ0) is 37.1. The van der Waals surface area contributed by atoms with E-state index in [2.05, 4.69) is 116 Å². The molecular formula is C47H79NO3. The number of allylic oxidation sites excluding steroid dienone is 16. The molecule has 0 aliphatic heterocycles. The predicted molar refractivity (Wildman–Crippen MR) is 225 cm³/mol. The summed E-state index contributed by atoms with van der Waals surface area (Å²) >= 11 is 0. The molecule has 4 nitrogen and oxygen atoms in total. The Hall–Kier alpha value is -2.69. The van der Waals surface area contributed by atoms with Crippen LogP contribution in [0.2, 0.25) is 0 Å². The van der Waals surface area contributed by atoms with Gasteiger partial charge in [0.1, 0.15) is 0 Å². The van der Waals surface area contributed by atoms with Gasteiger partial charge in [-0.1, -0.05) is 188 Å². The average molecular weight is 706 g/mol. The van der Waals surface area contributed by atoms with Gasteiger partial charge in [-0.3, -0.25) is 4.79 Å². The summed E-state index contributed by atoms with van der Waals surface area (Å²) in [4.78, 5) is 12.3. The van der Waals surface area contributed by atoms with E-state index in [-0.39, 0.29) is 12.5 Å². The summed E-state index contributed by atoms with van der Waals surface area (Å²) in [5.74, 6) is -0.0514. The van der Waals surface area contributed by atoms with Crippen molar-refractivity contribution < 1.29 is 15.0 Å². The van der Waals surface area contributed by atoms with Crippen molar-refractivity contribution in [2.75, 3.05) is 6.61 Å². The summed E-state index contributed by atoms with van der Waals surface area (Å²) in [6, 6.07) is -0.543. The lowest BCUT2D eigenvalue weighted by atomic mass is 10.0. The van der Waals surface area contributed by atoms with E-state index < -0.39 is 12.1 Å². The first-order valence-corrected chi connectivity index (χ1v) is 20.9. The van der Waals surface area contributed by atoms with Gasteiger partial charge in [-0.05, 0) is 77.0 Å². The van der Waals surface area contributed by atoms with Crippen LogP contribution in [0.1, 0.15) is 174 Å². The number of nitrogens with one attached hydrogen (secondary N) is 1. The number of carbonyl (C=O) groups excluding carboxylic acids is 1. The highest BCUT2D eigenvalue weighted by Gasteiger charge is 2.19. The number of hydrogen-bond donors (Lipinski definition) is 3. The molecule has 0 rings (SSSR count). The van der Waals surface area contributed by atoms with Gasteiger partial charge in [-0.25, -0.2) is 0 Å². The molecule has 0 spiro atoms. The molecule has 3 N–H and O–H groups in total. The van der Waals surface area contributed by atoms with Gasteiger partial charge in [0.25, 0.3) is 0 Å². The van der Waals surface area contributed by atoms with E-state index in [1.807, 2.05) is 0 Å². The molecule has 0 radical (unpaired) electrons. The molecule has 0 bridgehead atoms. The zero-order valence-corrected chi connectivity index (χ0v) is 33.1. The SMILES string of the molecule is CC/C=C\C/C=C\C/C=C\C/C=C\C/C=C\C/C=C\C/C=C\C/C=C\CCCCCCCCCCC(=O)NC(CO)C(O)CCCCCCCC. The standard InChI is InChI=1S/C47H79NO3/c1-3-5-7-9-11-12-13-14-15-16-17-18-19-20-21-22-23-24-25-26-27-28-29-30-31-32-33-34-35-36-37-39-41-43-47(51)48-45(44-49)46(50)42-40-38-10-8-6-4-2/h5,7,11-12,14-15,17-18,20-21,23-24,26-27,29-30,45-46,49-50H,3-4,6,8-10,13,16,19,22,25,28,31-44H2,1-2H3,(H,48,51)/b7-5-,12-11-,15-14-,18-17-,21-20-,24-23-,27-26-,30-29-. The van der Waals surface area contributed by atoms with Gasteiger partial charge in [0.15, 0.2) is 0 Å². The van der Waals surface area contributed by atoms with Crippen LogP contribution in [0.15, 0.2) is 97.2 Å². The van der Waals surface area contributed by atoms with Crippen molar-refractivity contribution in [2.45, 2.75) is 187 Å². The molecule has 51 heavy (non-hydrogen) atoms. The Bertz CT molecular complexity index is 983. The van der Waals surface area contributed by atoms with Crippen LogP contribution in [0.4, 0.5) is 0 Å². The summed E-state index contributed by atoms with van der Waals surface area (Å²) in [7, 11) is 0. The Morgan fingerprint density at radius 1 is 0.490 bits per heavy atom. The number of aliphatic hydroxyl groups excluding tert-OH is 2. The molecule has 2 unspecified atom stereocenters. The van der Waals surface area contributed by atoms with Crippen molar-refractivity contribution >= 4 is 5.91 Å². The predicted octanol–water partition coefficient (Wildman–Crippen LogP) is 13.1. The maximum Gasteiger partial charge on any atom is 0.220 e. The summed E-state index contributed by atoms with van der Waals surface area (Å²) in [6.45, 7) is 4.16. The van der Waals surface area contributed by atoms with Crippen molar-refractivity contribution in [3.63, 3.8) is 0 Å². The van der Waals surface area contributed by atoms with Gasteiger partial charge in [-0.2, -0.15) is 0 Å². The molecule has 2 atom stereocenters. The van der Waals surface area contributed by atoms with E-state index in [1.54, 1.807) is 0 Å². The average Bonchev–Trinajstić information content (AvgIpc) is 3.13. The molecule has 0 aliphatic rings. The smallest absolute Gasteiger partial charge is 0.220 e. The highest BCUT2D eigenvalue weighted by Crippen LogP contribution is 2.13. The molecule has 0 saturated carbocycles. The van der Waals surface area contributed by atoms with E-state index in [0.29, 0.717) is 12.8 Å². The van der Waals surface area contributed by atoms with Crippen LogP contribution in [-0.2, 0) is 4.79 Å². The second kappa shape index (κ2) is 41.7. The molecule has 0 aromatic heterocycles. The van der Waals surface area contributed by atoms with Gasteiger partial charge in [0.05, 0.1) is 18.8 Å². The van der Waals surface area contributed by atoms with Crippen LogP contribution >= 0.6 is 0 Å². The molecule has 0 aliphatic carbocycles. The Balaban J connectivity index is 3.59. The van der Waals surface area contributed by atoms with E-state index in [0.717, 1.165) is 77.0 Å². The Labute approximate surface area is 315 Å². The molecular weight excluding hydrogens is 627 g/mol. The first kappa shape index (κ1) is 48.3. The van der Waals surface area contributed by atoms with Gasteiger partial charge >= 0.3 is 0 Å². The van der Waals surface area contributed by atoms with Gasteiger partial charge < -0.3 is 15.5 Å². The summed E-state index contributed by atoms with van der Waals surface area (Å²) in [5, 5.41) is 22.8. The summed E-state index contributed by atoms with van der Waals surface area (Å²) in [6.07, 6.45) is 62.1. The van der Waals surface area contributed by atoms with Crippen molar-refractivity contribution in [1.82, 2.24) is 5.32 Å². The fraction of sp³-hybridized carbons (Fsp3) is 0.638. The second-order valence-electron chi connectivity index (χ2n) is 13.7. The molecule has 0 saturated heterocycles. The quantitative estimate of drug-likeness (QED) is 0.0449. The van der Waals surface area contributed by atoms with Crippen molar-refractivity contribution in [3.05, 3.63) is 97.2 Å². The van der Waals surface area contributed by atoms with E-state index in [9.17, 15) is 15.0 Å². The topological polar surface area (TPSA) is 69.6 Å². The molecule has 290 valence electrons. The second-order valence-corrected chi connectivity index (χ2v) is 13.7. The number of amides is 1. The normalized spacial score (nSPS) is 14.0. The molecule has 0 aromatic rings. The van der Waals surface area contributed by atoms with Crippen LogP contribution in [0, 0.1) is 0 Å². The molecule has 0 aromatic carbocycles.